The molecule has 2 aromatic rings. The first-order valence-electron chi connectivity index (χ1n) is 6.23. The van der Waals surface area contributed by atoms with Crippen molar-refractivity contribution < 1.29 is 14.3 Å². The number of hydrogen-bond acceptors (Lipinski definition) is 6. The van der Waals surface area contributed by atoms with Gasteiger partial charge < -0.3 is 10.1 Å². The Kier molecular flexibility index (Phi) is 4.80. The van der Waals surface area contributed by atoms with Crippen molar-refractivity contribution in [3.8, 4) is 11.4 Å². The van der Waals surface area contributed by atoms with Gasteiger partial charge in [-0.15, -0.1) is 5.10 Å². The van der Waals surface area contributed by atoms with E-state index in [1.54, 1.807) is 31.2 Å². The minimum atomic E-state index is -0.548. The average molecular weight is 290 g/mol. The Morgan fingerprint density at radius 3 is 2.95 bits per heavy atom. The second kappa shape index (κ2) is 6.98. The number of benzene rings is 1. The van der Waals surface area contributed by atoms with Gasteiger partial charge in [0.05, 0.1) is 5.69 Å². The molecule has 0 aliphatic carbocycles. The molecule has 2 rings (SSSR count). The van der Waals surface area contributed by atoms with Gasteiger partial charge in [0, 0.05) is 12.6 Å². The molecule has 0 saturated carbocycles. The number of aromatic nitrogens is 4. The van der Waals surface area contributed by atoms with Crippen LogP contribution in [-0.4, -0.2) is 45.3 Å². The Labute approximate surface area is 120 Å². The minimum Gasteiger partial charge on any atom is -0.484 e. The molecule has 110 valence electrons. The van der Waals surface area contributed by atoms with Crippen molar-refractivity contribution in [2.45, 2.75) is 6.92 Å². The number of ether oxygens (including phenoxy) is 1. The molecule has 0 radical (unpaired) electrons. The summed E-state index contributed by atoms with van der Waals surface area (Å²) in [5.74, 6) is -0.0668. The Hall–Kier alpha value is -2.97. The van der Waals surface area contributed by atoms with Crippen LogP contribution in [-0.2, 0) is 4.79 Å². The molecule has 3 amide bonds. The predicted molar refractivity (Wildman–Crippen MR) is 71.9 cm³/mol. The monoisotopic (exact) mass is 290 g/mol. The molecule has 0 aliphatic heterocycles. The zero-order chi connectivity index (χ0) is 15.1. The molecule has 0 saturated heterocycles. The molecular formula is C12H14N6O3. The minimum absolute atomic E-state index is 0.268. The molecule has 21 heavy (non-hydrogen) atoms. The number of nitrogens with zero attached hydrogens (tertiary/aromatic N) is 4. The lowest BCUT2D eigenvalue weighted by Gasteiger charge is -2.08. The van der Waals surface area contributed by atoms with E-state index in [1.807, 2.05) is 0 Å². The number of hydrogen-bond donors (Lipinski definition) is 2. The maximum atomic E-state index is 11.5. The van der Waals surface area contributed by atoms with Gasteiger partial charge in [0.25, 0.3) is 5.91 Å². The fourth-order valence-corrected chi connectivity index (χ4v) is 1.51. The molecule has 9 heteroatoms. The van der Waals surface area contributed by atoms with E-state index in [2.05, 4.69) is 26.2 Å². The molecule has 0 unspecified atom stereocenters. The number of carbonyl (C=O) groups excluding carboxylic acids is 2. The highest BCUT2D eigenvalue weighted by Crippen LogP contribution is 2.15. The molecule has 0 atom stereocenters. The molecule has 1 aromatic heterocycles. The van der Waals surface area contributed by atoms with Gasteiger partial charge in [-0.3, -0.25) is 10.1 Å². The van der Waals surface area contributed by atoms with Gasteiger partial charge in [-0.25, -0.2) is 9.48 Å². The average Bonchev–Trinajstić information content (AvgIpc) is 3.00. The second-order valence-corrected chi connectivity index (χ2v) is 3.95. The van der Waals surface area contributed by atoms with Gasteiger partial charge in [-0.1, -0.05) is 6.07 Å². The van der Waals surface area contributed by atoms with E-state index in [1.165, 1.54) is 11.0 Å². The van der Waals surface area contributed by atoms with E-state index in [9.17, 15) is 9.59 Å². The molecule has 0 bridgehead atoms. The Morgan fingerprint density at radius 2 is 2.24 bits per heavy atom. The SMILES string of the molecule is CCNC(=O)NC(=O)COc1cccc(-n2cnnn2)c1. The lowest BCUT2D eigenvalue weighted by atomic mass is 10.3. The van der Waals surface area contributed by atoms with E-state index in [4.69, 9.17) is 4.74 Å². The van der Waals surface area contributed by atoms with Crippen molar-refractivity contribution in [2.24, 2.45) is 0 Å². The maximum absolute atomic E-state index is 11.5. The van der Waals surface area contributed by atoms with Crippen LogP contribution >= 0.6 is 0 Å². The van der Waals surface area contributed by atoms with Crippen LogP contribution < -0.4 is 15.4 Å². The number of rotatable bonds is 5. The summed E-state index contributed by atoms with van der Waals surface area (Å²) in [5, 5.41) is 15.4. The lowest BCUT2D eigenvalue weighted by molar-refractivity contribution is -0.122. The highest BCUT2D eigenvalue weighted by molar-refractivity contribution is 5.94. The molecule has 1 heterocycles. The Morgan fingerprint density at radius 1 is 1.38 bits per heavy atom. The summed E-state index contributed by atoms with van der Waals surface area (Å²) in [4.78, 5) is 22.6. The van der Waals surface area contributed by atoms with Gasteiger partial charge in [-0.2, -0.15) is 0 Å². The van der Waals surface area contributed by atoms with Crippen molar-refractivity contribution >= 4 is 11.9 Å². The summed E-state index contributed by atoms with van der Waals surface area (Å²) >= 11 is 0. The van der Waals surface area contributed by atoms with Crippen LogP contribution in [0.1, 0.15) is 6.92 Å². The topological polar surface area (TPSA) is 111 Å². The Bertz CT molecular complexity index is 613. The van der Waals surface area contributed by atoms with E-state index in [0.29, 0.717) is 18.0 Å². The largest absolute Gasteiger partial charge is 0.484 e. The molecular weight excluding hydrogens is 276 g/mol. The van der Waals surface area contributed by atoms with Gasteiger partial charge in [0.1, 0.15) is 12.1 Å². The third kappa shape index (κ3) is 4.27. The summed E-state index contributed by atoms with van der Waals surface area (Å²) in [5.41, 5.74) is 0.696. The molecule has 0 fully saturated rings. The van der Waals surface area contributed by atoms with E-state index in [-0.39, 0.29) is 6.61 Å². The fourth-order valence-electron chi connectivity index (χ4n) is 1.51. The van der Waals surface area contributed by atoms with E-state index >= 15 is 0 Å². The standard InChI is InChI=1S/C12H14N6O3/c1-2-13-12(20)15-11(19)7-21-10-5-3-4-9(6-10)18-8-14-16-17-18/h3-6,8H,2,7H2,1H3,(H2,13,15,19,20). The molecule has 1 aromatic carbocycles. The zero-order valence-electron chi connectivity index (χ0n) is 11.3. The van der Waals surface area contributed by atoms with Gasteiger partial charge >= 0.3 is 6.03 Å². The number of nitrogens with one attached hydrogen (secondary N) is 2. The third-order valence-corrected chi connectivity index (χ3v) is 2.39. The van der Waals surface area contributed by atoms with Crippen molar-refractivity contribution in [1.29, 1.82) is 0 Å². The van der Waals surface area contributed by atoms with Crippen LogP contribution in [0.15, 0.2) is 30.6 Å². The zero-order valence-corrected chi connectivity index (χ0v) is 11.3. The molecule has 2 N–H and O–H groups in total. The smallest absolute Gasteiger partial charge is 0.321 e. The number of carbonyl (C=O) groups is 2. The van der Waals surface area contributed by atoms with Crippen LogP contribution in [0.2, 0.25) is 0 Å². The fraction of sp³-hybridized carbons (Fsp3) is 0.250. The molecule has 0 aliphatic rings. The van der Waals surface area contributed by atoms with Crippen molar-refractivity contribution in [1.82, 2.24) is 30.8 Å². The van der Waals surface area contributed by atoms with Crippen LogP contribution in [0.25, 0.3) is 5.69 Å². The quantitative estimate of drug-likeness (QED) is 0.794. The summed E-state index contributed by atoms with van der Waals surface area (Å²) in [6.45, 7) is 1.93. The van der Waals surface area contributed by atoms with Crippen LogP contribution in [0, 0.1) is 0 Å². The number of urea groups is 1. The number of tetrazole rings is 1. The third-order valence-electron chi connectivity index (χ3n) is 2.39. The summed E-state index contributed by atoms with van der Waals surface area (Å²) < 4.78 is 6.77. The normalized spacial score (nSPS) is 9.95. The van der Waals surface area contributed by atoms with Crippen molar-refractivity contribution in [3.63, 3.8) is 0 Å². The highest BCUT2D eigenvalue weighted by atomic mass is 16.5. The number of imide groups is 1. The summed E-state index contributed by atoms with van der Waals surface area (Å²) in [6.07, 6.45) is 1.45. The predicted octanol–water partition coefficient (Wildman–Crippen LogP) is -0.113. The first kappa shape index (κ1) is 14.4. The van der Waals surface area contributed by atoms with E-state index in [0.717, 1.165) is 0 Å². The van der Waals surface area contributed by atoms with Crippen molar-refractivity contribution in [2.75, 3.05) is 13.2 Å². The van der Waals surface area contributed by atoms with Gasteiger partial charge in [0.15, 0.2) is 6.61 Å². The van der Waals surface area contributed by atoms with Crippen LogP contribution in [0.5, 0.6) is 5.75 Å². The van der Waals surface area contributed by atoms with E-state index < -0.39 is 11.9 Å². The molecule has 0 spiro atoms. The van der Waals surface area contributed by atoms with Gasteiger partial charge in [0.2, 0.25) is 0 Å². The second-order valence-electron chi connectivity index (χ2n) is 3.95. The first-order chi connectivity index (χ1) is 10.2. The van der Waals surface area contributed by atoms with Crippen LogP contribution in [0.3, 0.4) is 0 Å². The highest BCUT2D eigenvalue weighted by Gasteiger charge is 2.08. The van der Waals surface area contributed by atoms with Gasteiger partial charge in [-0.05, 0) is 29.5 Å². The molecule has 9 nitrogen and oxygen atoms in total. The van der Waals surface area contributed by atoms with Crippen LogP contribution in [0.4, 0.5) is 4.79 Å². The van der Waals surface area contributed by atoms with Crippen molar-refractivity contribution in [3.05, 3.63) is 30.6 Å². The summed E-state index contributed by atoms with van der Waals surface area (Å²) in [6, 6.07) is 6.35. The summed E-state index contributed by atoms with van der Waals surface area (Å²) in [7, 11) is 0. The maximum Gasteiger partial charge on any atom is 0.321 e. The first-order valence-corrected chi connectivity index (χ1v) is 6.23. The number of amides is 3. The lowest BCUT2D eigenvalue weighted by Crippen LogP contribution is -2.41. The Balaban J connectivity index is 1.90.